The maximum absolute atomic E-state index is 13.1. The lowest BCUT2D eigenvalue weighted by molar-refractivity contribution is 0.624. The average molecular weight is 462 g/mol. The fraction of sp³-hybridized carbons (Fsp3) is 0.417. The number of aliphatic imine (C=N–C) groups is 1. The summed E-state index contributed by atoms with van der Waals surface area (Å²) in [6, 6.07) is 4.64. The van der Waals surface area contributed by atoms with Crippen LogP contribution in [0.15, 0.2) is 27.7 Å². The predicted octanol–water partition coefficient (Wildman–Crippen LogP) is 3.23. The fourth-order valence-electron chi connectivity index (χ4n) is 1.35. The Morgan fingerprint density at radius 2 is 2.16 bits per heavy atom. The van der Waals surface area contributed by atoms with Crippen molar-refractivity contribution >= 4 is 57.6 Å². The topological polar surface area (TPSA) is 36.4 Å². The van der Waals surface area contributed by atoms with Crippen LogP contribution in [0.4, 0.5) is 4.39 Å². The Balaban J connectivity index is 0.00000324. The van der Waals surface area contributed by atoms with E-state index in [2.05, 4.69) is 37.8 Å². The second-order valence-electron chi connectivity index (χ2n) is 3.58. The van der Waals surface area contributed by atoms with E-state index in [4.69, 9.17) is 0 Å². The number of guanidine groups is 1. The van der Waals surface area contributed by atoms with Gasteiger partial charge < -0.3 is 10.6 Å². The number of hydrogen-bond donors (Lipinski definition) is 2. The van der Waals surface area contributed by atoms with Crippen molar-refractivity contribution in [1.82, 2.24) is 10.6 Å². The van der Waals surface area contributed by atoms with Gasteiger partial charge in [0.2, 0.25) is 0 Å². The van der Waals surface area contributed by atoms with E-state index in [1.54, 1.807) is 24.9 Å². The van der Waals surface area contributed by atoms with Gasteiger partial charge in [0.25, 0.3) is 0 Å². The zero-order valence-corrected chi connectivity index (χ0v) is 15.6. The third-order valence-electron chi connectivity index (χ3n) is 2.28. The van der Waals surface area contributed by atoms with Gasteiger partial charge in [0.1, 0.15) is 5.82 Å². The molecule has 0 unspecified atom stereocenters. The summed E-state index contributed by atoms with van der Waals surface area (Å²) >= 11 is 5.17. The van der Waals surface area contributed by atoms with Gasteiger partial charge in [-0.05, 0) is 30.0 Å². The minimum Gasteiger partial charge on any atom is -0.356 e. The van der Waals surface area contributed by atoms with Gasteiger partial charge in [-0.3, -0.25) is 4.99 Å². The van der Waals surface area contributed by atoms with Crippen molar-refractivity contribution < 1.29 is 4.39 Å². The van der Waals surface area contributed by atoms with Crippen LogP contribution >= 0.6 is 51.7 Å². The first-order valence-corrected chi connectivity index (χ1v) is 7.73. The van der Waals surface area contributed by atoms with Gasteiger partial charge in [-0.25, -0.2) is 4.39 Å². The van der Waals surface area contributed by atoms with Crippen molar-refractivity contribution in [2.45, 2.75) is 6.54 Å². The Morgan fingerprint density at radius 3 is 2.79 bits per heavy atom. The molecule has 3 nitrogen and oxygen atoms in total. The van der Waals surface area contributed by atoms with Crippen molar-refractivity contribution in [3.8, 4) is 0 Å². The minimum atomic E-state index is -0.236. The lowest BCUT2D eigenvalue weighted by Gasteiger charge is -2.12. The molecule has 0 radical (unpaired) electrons. The van der Waals surface area contributed by atoms with Crippen molar-refractivity contribution in [2.75, 3.05) is 25.6 Å². The van der Waals surface area contributed by atoms with Gasteiger partial charge in [-0.15, -0.1) is 24.0 Å². The van der Waals surface area contributed by atoms with E-state index in [-0.39, 0.29) is 29.8 Å². The molecule has 19 heavy (non-hydrogen) atoms. The van der Waals surface area contributed by atoms with Gasteiger partial charge >= 0.3 is 0 Å². The quantitative estimate of drug-likeness (QED) is 0.306. The molecule has 0 aliphatic heterocycles. The fourth-order valence-corrected chi connectivity index (χ4v) is 2.04. The van der Waals surface area contributed by atoms with Crippen LogP contribution in [0.2, 0.25) is 0 Å². The van der Waals surface area contributed by atoms with Crippen LogP contribution < -0.4 is 10.6 Å². The van der Waals surface area contributed by atoms with E-state index in [0.29, 0.717) is 6.54 Å². The molecule has 0 saturated carbocycles. The Morgan fingerprint density at radius 1 is 1.42 bits per heavy atom. The molecule has 0 spiro atoms. The largest absolute Gasteiger partial charge is 0.356 e. The van der Waals surface area contributed by atoms with Gasteiger partial charge in [0.05, 0.1) is 0 Å². The number of nitrogens with zero attached hydrogens (tertiary/aromatic N) is 1. The van der Waals surface area contributed by atoms with Gasteiger partial charge in [-0.2, -0.15) is 11.8 Å². The molecular weight excluding hydrogens is 444 g/mol. The maximum atomic E-state index is 13.1. The Labute approximate surface area is 143 Å². The summed E-state index contributed by atoms with van der Waals surface area (Å²) in [6.45, 7) is 1.38. The Kier molecular flexibility index (Phi) is 10.7. The van der Waals surface area contributed by atoms with Crippen LogP contribution in [0.25, 0.3) is 0 Å². The van der Waals surface area contributed by atoms with Gasteiger partial charge in [0.15, 0.2) is 5.96 Å². The predicted molar refractivity (Wildman–Crippen MR) is 96.1 cm³/mol. The lowest BCUT2D eigenvalue weighted by Crippen LogP contribution is -2.38. The second kappa shape index (κ2) is 10.7. The van der Waals surface area contributed by atoms with E-state index in [9.17, 15) is 4.39 Å². The van der Waals surface area contributed by atoms with E-state index in [0.717, 1.165) is 28.3 Å². The normalized spacial score (nSPS) is 10.8. The molecule has 1 aromatic rings. The van der Waals surface area contributed by atoms with Crippen LogP contribution in [-0.4, -0.2) is 31.6 Å². The van der Waals surface area contributed by atoms with Gasteiger partial charge in [-0.1, -0.05) is 15.9 Å². The molecule has 0 atom stereocenters. The molecule has 0 aliphatic rings. The molecule has 0 saturated heterocycles. The number of rotatable bonds is 5. The van der Waals surface area contributed by atoms with Crippen molar-refractivity contribution in [1.29, 1.82) is 0 Å². The zero-order valence-electron chi connectivity index (χ0n) is 10.9. The molecule has 108 valence electrons. The van der Waals surface area contributed by atoms with Crippen LogP contribution in [0.1, 0.15) is 5.56 Å². The number of thioether (sulfide) groups is 1. The Hall–Kier alpha value is -0.0200. The number of hydrogen-bond acceptors (Lipinski definition) is 2. The molecule has 1 aromatic carbocycles. The van der Waals surface area contributed by atoms with Crippen LogP contribution in [0.3, 0.4) is 0 Å². The van der Waals surface area contributed by atoms with Crippen molar-refractivity contribution in [3.05, 3.63) is 34.1 Å². The first kappa shape index (κ1) is 19.0. The number of halogens is 3. The Bertz CT molecular complexity index is 418. The van der Waals surface area contributed by atoms with E-state index < -0.39 is 0 Å². The highest BCUT2D eigenvalue weighted by molar-refractivity contribution is 14.0. The molecule has 0 fully saturated rings. The zero-order chi connectivity index (χ0) is 13.4. The third kappa shape index (κ3) is 7.36. The molecule has 2 N–H and O–H groups in total. The summed E-state index contributed by atoms with van der Waals surface area (Å²) in [7, 11) is 1.72. The molecule has 0 heterocycles. The summed E-state index contributed by atoms with van der Waals surface area (Å²) in [5.74, 6) is 1.50. The van der Waals surface area contributed by atoms with E-state index in [1.165, 1.54) is 12.1 Å². The summed E-state index contributed by atoms with van der Waals surface area (Å²) in [6.07, 6.45) is 2.06. The van der Waals surface area contributed by atoms with Gasteiger partial charge in [0, 0.05) is 30.4 Å². The average Bonchev–Trinajstić information content (AvgIpc) is 2.37. The van der Waals surface area contributed by atoms with Crippen LogP contribution in [0, 0.1) is 5.82 Å². The summed E-state index contributed by atoms with van der Waals surface area (Å²) in [4.78, 5) is 4.10. The third-order valence-corrected chi connectivity index (χ3v) is 3.66. The summed E-state index contributed by atoms with van der Waals surface area (Å²) in [5.41, 5.74) is 0.864. The maximum Gasteiger partial charge on any atom is 0.191 e. The molecule has 0 aliphatic carbocycles. The molecule has 0 bridgehead atoms. The smallest absolute Gasteiger partial charge is 0.191 e. The standard InChI is InChI=1S/C12H17BrFN3S.HI/c1-15-12(16-5-6-18-2)17-8-9-7-10(14)3-4-11(9)13;/h3-4,7H,5-6,8H2,1-2H3,(H2,15,16,17);1H. The van der Waals surface area contributed by atoms with Crippen molar-refractivity contribution in [2.24, 2.45) is 4.99 Å². The molecule has 0 aromatic heterocycles. The minimum absolute atomic E-state index is 0. The first-order valence-electron chi connectivity index (χ1n) is 5.54. The first-order chi connectivity index (χ1) is 8.67. The number of benzene rings is 1. The lowest BCUT2D eigenvalue weighted by atomic mass is 10.2. The van der Waals surface area contributed by atoms with Crippen LogP contribution in [-0.2, 0) is 6.54 Å². The van der Waals surface area contributed by atoms with E-state index >= 15 is 0 Å². The molecular formula is C12H18BrFIN3S. The highest BCUT2D eigenvalue weighted by atomic mass is 127. The molecule has 1 rings (SSSR count). The summed E-state index contributed by atoms with van der Waals surface area (Å²) in [5, 5.41) is 6.33. The summed E-state index contributed by atoms with van der Waals surface area (Å²) < 4.78 is 14.0. The number of nitrogens with one attached hydrogen (secondary N) is 2. The van der Waals surface area contributed by atoms with E-state index in [1.807, 2.05) is 0 Å². The molecule has 0 amide bonds. The highest BCUT2D eigenvalue weighted by Gasteiger charge is 2.03. The van der Waals surface area contributed by atoms with Crippen LogP contribution in [0.5, 0.6) is 0 Å². The SMILES string of the molecule is CN=C(NCCSC)NCc1cc(F)ccc1Br.I. The second-order valence-corrected chi connectivity index (χ2v) is 5.42. The monoisotopic (exact) mass is 461 g/mol. The highest BCUT2D eigenvalue weighted by Crippen LogP contribution is 2.17. The van der Waals surface area contributed by atoms with Crippen molar-refractivity contribution in [3.63, 3.8) is 0 Å². The molecule has 7 heteroatoms.